The highest BCUT2D eigenvalue weighted by Gasteiger charge is 2.15. The molecule has 3 nitrogen and oxygen atoms in total. The van der Waals surface area contributed by atoms with Crippen LogP contribution in [0.1, 0.15) is 56.6 Å². The Morgan fingerprint density at radius 1 is 1.30 bits per heavy atom. The number of aliphatic imine (C=N–C) groups is 1. The van der Waals surface area contributed by atoms with Crippen molar-refractivity contribution in [3.05, 3.63) is 35.6 Å². The summed E-state index contributed by atoms with van der Waals surface area (Å²) in [7, 11) is 0. The monoisotopic (exact) mass is 271 g/mol. The van der Waals surface area contributed by atoms with Crippen LogP contribution in [0.2, 0.25) is 0 Å². The van der Waals surface area contributed by atoms with Crippen molar-refractivity contribution in [2.45, 2.75) is 52.9 Å². The van der Waals surface area contributed by atoms with Crippen molar-refractivity contribution >= 4 is 6.21 Å². The molecule has 0 saturated carbocycles. The largest absolute Gasteiger partial charge is 0.269 e. The number of rotatable bonds is 5. The first-order valence-electron chi connectivity index (χ1n) is 7.58. The fourth-order valence-corrected chi connectivity index (χ4v) is 2.72. The van der Waals surface area contributed by atoms with Crippen molar-refractivity contribution in [3.8, 4) is 0 Å². The van der Waals surface area contributed by atoms with Gasteiger partial charge in [0.05, 0.1) is 17.1 Å². The van der Waals surface area contributed by atoms with E-state index in [9.17, 15) is 0 Å². The van der Waals surface area contributed by atoms with Gasteiger partial charge in [0.1, 0.15) is 0 Å². The quantitative estimate of drug-likeness (QED) is 0.809. The Morgan fingerprint density at radius 2 is 2.10 bits per heavy atom. The van der Waals surface area contributed by atoms with Gasteiger partial charge in [-0.2, -0.15) is 0 Å². The molecule has 0 amide bonds. The van der Waals surface area contributed by atoms with Gasteiger partial charge < -0.3 is 0 Å². The van der Waals surface area contributed by atoms with Crippen LogP contribution in [0.3, 0.4) is 0 Å². The average Bonchev–Trinajstić information content (AvgIpc) is 2.45. The van der Waals surface area contributed by atoms with Crippen molar-refractivity contribution in [1.29, 1.82) is 0 Å². The van der Waals surface area contributed by atoms with E-state index < -0.39 is 0 Å². The SMILES string of the molecule is Cc1nc(CCC(C)C2C=CN=CC2)cnc1C(C)C. The zero-order chi connectivity index (χ0) is 14.5. The van der Waals surface area contributed by atoms with Crippen molar-refractivity contribution in [1.82, 2.24) is 9.97 Å². The van der Waals surface area contributed by atoms with Gasteiger partial charge in [-0.25, -0.2) is 0 Å². The number of aromatic nitrogens is 2. The predicted molar refractivity (Wildman–Crippen MR) is 84.1 cm³/mol. The molecule has 0 bridgehead atoms. The Labute approximate surface area is 122 Å². The smallest absolute Gasteiger partial charge is 0.0641 e. The minimum atomic E-state index is 0.446. The van der Waals surface area contributed by atoms with Gasteiger partial charge in [0.2, 0.25) is 0 Å². The summed E-state index contributed by atoms with van der Waals surface area (Å²) in [5.41, 5.74) is 3.32. The van der Waals surface area contributed by atoms with Crippen molar-refractivity contribution in [2.75, 3.05) is 0 Å². The lowest BCUT2D eigenvalue weighted by molar-refractivity contribution is 0.408. The summed E-state index contributed by atoms with van der Waals surface area (Å²) < 4.78 is 0. The second-order valence-electron chi connectivity index (χ2n) is 6.08. The Hall–Kier alpha value is -1.51. The van der Waals surface area contributed by atoms with E-state index in [2.05, 4.69) is 43.7 Å². The van der Waals surface area contributed by atoms with Crippen LogP contribution in [0.4, 0.5) is 0 Å². The normalized spacial score (nSPS) is 19.6. The van der Waals surface area contributed by atoms with Gasteiger partial charge in [-0.1, -0.05) is 26.8 Å². The standard InChI is InChI=1S/C17H25N3/c1-12(2)17-14(4)20-16(11-19-17)6-5-13(3)15-7-9-18-10-8-15/h7,9-13,15H,5-6,8H2,1-4H3. The fraction of sp³-hybridized carbons (Fsp3) is 0.588. The molecule has 0 N–H and O–H groups in total. The molecule has 1 aromatic rings. The van der Waals surface area contributed by atoms with Gasteiger partial charge >= 0.3 is 0 Å². The van der Waals surface area contributed by atoms with Gasteiger partial charge in [0.15, 0.2) is 0 Å². The first-order valence-corrected chi connectivity index (χ1v) is 7.58. The van der Waals surface area contributed by atoms with Gasteiger partial charge in [-0.3, -0.25) is 15.0 Å². The molecule has 2 rings (SSSR count). The first kappa shape index (κ1) is 14.9. The molecule has 2 heterocycles. The summed E-state index contributed by atoms with van der Waals surface area (Å²) >= 11 is 0. The number of hydrogen-bond donors (Lipinski definition) is 0. The maximum absolute atomic E-state index is 4.70. The molecule has 3 heteroatoms. The summed E-state index contributed by atoms with van der Waals surface area (Å²) in [5.74, 6) is 1.73. The topological polar surface area (TPSA) is 38.1 Å². The highest BCUT2D eigenvalue weighted by molar-refractivity contribution is 5.60. The van der Waals surface area contributed by atoms with Crippen molar-refractivity contribution in [2.24, 2.45) is 16.8 Å². The number of allylic oxidation sites excluding steroid dienone is 1. The van der Waals surface area contributed by atoms with Crippen LogP contribution in [-0.4, -0.2) is 16.2 Å². The van der Waals surface area contributed by atoms with E-state index in [1.54, 1.807) is 0 Å². The zero-order valence-electron chi connectivity index (χ0n) is 13.0. The number of nitrogens with zero attached hydrogens (tertiary/aromatic N) is 3. The van der Waals surface area contributed by atoms with Gasteiger partial charge in [0.25, 0.3) is 0 Å². The Kier molecular flexibility index (Phi) is 5.05. The molecule has 2 atom stereocenters. The predicted octanol–water partition coefficient (Wildman–Crippen LogP) is 4.08. The Balaban J connectivity index is 1.92. The van der Waals surface area contributed by atoms with E-state index in [-0.39, 0.29) is 0 Å². The lowest BCUT2D eigenvalue weighted by atomic mass is 9.86. The minimum Gasteiger partial charge on any atom is -0.269 e. The summed E-state index contributed by atoms with van der Waals surface area (Å²) in [5, 5.41) is 0. The Morgan fingerprint density at radius 3 is 2.70 bits per heavy atom. The zero-order valence-corrected chi connectivity index (χ0v) is 13.0. The van der Waals surface area contributed by atoms with Gasteiger partial charge in [-0.05, 0) is 43.9 Å². The summed E-state index contributed by atoms with van der Waals surface area (Å²) in [6.45, 7) is 8.71. The van der Waals surface area contributed by atoms with Gasteiger partial charge in [0, 0.05) is 18.6 Å². The molecule has 1 aliphatic rings. The van der Waals surface area contributed by atoms with E-state index in [4.69, 9.17) is 4.98 Å². The van der Waals surface area contributed by atoms with Crippen molar-refractivity contribution < 1.29 is 0 Å². The van der Waals surface area contributed by atoms with Crippen LogP contribution >= 0.6 is 0 Å². The lowest BCUT2D eigenvalue weighted by Crippen LogP contribution is -2.13. The van der Waals surface area contributed by atoms with Crippen molar-refractivity contribution in [3.63, 3.8) is 0 Å². The molecule has 1 aliphatic heterocycles. The maximum atomic E-state index is 4.70. The van der Waals surface area contributed by atoms with E-state index in [1.165, 1.54) is 0 Å². The molecule has 0 fully saturated rings. The molecule has 0 saturated heterocycles. The third-order valence-electron chi connectivity index (χ3n) is 4.07. The van der Waals surface area contributed by atoms with Gasteiger partial charge in [-0.15, -0.1) is 0 Å². The summed E-state index contributed by atoms with van der Waals surface area (Å²) in [4.78, 5) is 13.4. The van der Waals surface area contributed by atoms with E-state index >= 15 is 0 Å². The molecular formula is C17H25N3. The highest BCUT2D eigenvalue weighted by Crippen LogP contribution is 2.23. The second kappa shape index (κ2) is 6.78. The minimum absolute atomic E-state index is 0.446. The van der Waals surface area contributed by atoms with E-state index in [0.717, 1.165) is 36.3 Å². The van der Waals surface area contributed by atoms with Crippen LogP contribution in [-0.2, 0) is 6.42 Å². The number of aryl methyl sites for hydroxylation is 2. The molecule has 0 aromatic carbocycles. The summed E-state index contributed by atoms with van der Waals surface area (Å²) in [6, 6.07) is 0. The first-order chi connectivity index (χ1) is 9.58. The van der Waals surface area contributed by atoms with E-state index in [0.29, 0.717) is 17.8 Å². The third-order valence-corrected chi connectivity index (χ3v) is 4.07. The molecule has 0 radical (unpaired) electrons. The van der Waals surface area contributed by atoms with Crippen LogP contribution in [0.15, 0.2) is 23.5 Å². The molecular weight excluding hydrogens is 246 g/mol. The second-order valence-corrected chi connectivity index (χ2v) is 6.08. The average molecular weight is 271 g/mol. The molecule has 0 aliphatic carbocycles. The molecule has 1 aromatic heterocycles. The Bertz CT molecular complexity index is 503. The highest BCUT2D eigenvalue weighted by atomic mass is 14.8. The lowest BCUT2D eigenvalue weighted by Gasteiger charge is -2.20. The third kappa shape index (κ3) is 3.75. The van der Waals surface area contributed by atoms with E-state index in [1.807, 2.05) is 18.6 Å². The number of hydrogen-bond acceptors (Lipinski definition) is 3. The maximum Gasteiger partial charge on any atom is 0.0641 e. The molecule has 20 heavy (non-hydrogen) atoms. The summed E-state index contributed by atoms with van der Waals surface area (Å²) in [6.07, 6.45) is 11.3. The molecule has 2 unspecified atom stereocenters. The van der Waals surface area contributed by atoms with Crippen LogP contribution in [0, 0.1) is 18.8 Å². The van der Waals surface area contributed by atoms with Crippen LogP contribution in [0.25, 0.3) is 0 Å². The molecule has 0 spiro atoms. The molecule has 108 valence electrons. The fourth-order valence-electron chi connectivity index (χ4n) is 2.72. The van der Waals surface area contributed by atoms with Crippen LogP contribution in [0.5, 0.6) is 0 Å². The van der Waals surface area contributed by atoms with Crippen LogP contribution < -0.4 is 0 Å².